The molecule has 0 bridgehead atoms. The van der Waals surface area contributed by atoms with E-state index in [1.165, 1.54) is 12.1 Å². The number of rotatable bonds is 5. The Morgan fingerprint density at radius 1 is 1.53 bits per heavy atom. The zero-order valence-corrected chi connectivity index (χ0v) is 10.8. The number of Topliss-reactive ketones (excluding diaryl/α,β-unsaturated/α-hetero) is 1. The van der Waals surface area contributed by atoms with E-state index >= 15 is 0 Å². The molecule has 0 saturated heterocycles. The third-order valence-corrected chi connectivity index (χ3v) is 3.37. The monoisotopic (exact) mass is 290 g/mol. The molecule has 0 aromatic heterocycles. The van der Waals surface area contributed by atoms with Gasteiger partial charge in [0, 0.05) is 17.3 Å². The van der Waals surface area contributed by atoms with E-state index < -0.39 is 0 Å². The van der Waals surface area contributed by atoms with Crippen LogP contribution in [0.1, 0.15) is 12.0 Å². The maximum atomic E-state index is 12.9. The second-order valence-corrected chi connectivity index (χ2v) is 5.03. The summed E-state index contributed by atoms with van der Waals surface area (Å²) in [6.45, 7) is 0. The van der Waals surface area contributed by atoms with Gasteiger partial charge in [0.25, 0.3) is 0 Å². The van der Waals surface area contributed by atoms with Gasteiger partial charge >= 0.3 is 0 Å². The zero-order chi connectivity index (χ0) is 11.3. The van der Waals surface area contributed by atoms with Crippen LogP contribution in [0.5, 0.6) is 0 Å². The van der Waals surface area contributed by atoms with Gasteiger partial charge in [0.1, 0.15) is 11.6 Å². The van der Waals surface area contributed by atoms with Crippen LogP contribution < -0.4 is 0 Å². The van der Waals surface area contributed by atoms with Crippen molar-refractivity contribution < 1.29 is 9.18 Å². The number of carbonyl (C=O) groups is 1. The smallest absolute Gasteiger partial charge is 0.138 e. The minimum absolute atomic E-state index is 0.149. The molecule has 0 radical (unpaired) electrons. The van der Waals surface area contributed by atoms with Crippen LogP contribution in [0.25, 0.3) is 0 Å². The molecular formula is C11H12BrFOS. The Kier molecular flexibility index (Phi) is 5.32. The van der Waals surface area contributed by atoms with Crippen molar-refractivity contribution in [1.29, 1.82) is 0 Å². The molecule has 0 unspecified atom stereocenters. The van der Waals surface area contributed by atoms with Crippen molar-refractivity contribution in [3.63, 3.8) is 0 Å². The zero-order valence-electron chi connectivity index (χ0n) is 8.43. The molecular weight excluding hydrogens is 279 g/mol. The SMILES string of the molecule is CSCCC(=O)Cc1cc(F)ccc1Br. The molecule has 1 rings (SSSR count). The molecule has 0 heterocycles. The molecule has 0 aliphatic heterocycles. The summed E-state index contributed by atoms with van der Waals surface area (Å²) in [6, 6.07) is 4.41. The summed E-state index contributed by atoms with van der Waals surface area (Å²) in [7, 11) is 0. The second-order valence-electron chi connectivity index (χ2n) is 3.19. The third kappa shape index (κ3) is 4.34. The number of benzene rings is 1. The molecule has 15 heavy (non-hydrogen) atoms. The third-order valence-electron chi connectivity index (χ3n) is 1.98. The van der Waals surface area contributed by atoms with Crippen LogP contribution in [-0.2, 0) is 11.2 Å². The second kappa shape index (κ2) is 6.28. The first kappa shape index (κ1) is 12.7. The summed E-state index contributed by atoms with van der Waals surface area (Å²) in [5.41, 5.74) is 0.723. The highest BCUT2D eigenvalue weighted by Crippen LogP contribution is 2.19. The van der Waals surface area contributed by atoms with Gasteiger partial charge in [-0.3, -0.25) is 4.79 Å². The highest BCUT2D eigenvalue weighted by atomic mass is 79.9. The average Bonchev–Trinajstić information content (AvgIpc) is 2.20. The number of ketones is 1. The molecule has 82 valence electrons. The van der Waals surface area contributed by atoms with Crippen molar-refractivity contribution >= 4 is 33.5 Å². The lowest BCUT2D eigenvalue weighted by Crippen LogP contribution is -2.04. The summed E-state index contributed by atoms with van der Waals surface area (Å²) in [4.78, 5) is 11.5. The van der Waals surface area contributed by atoms with Gasteiger partial charge in [0.15, 0.2) is 0 Å². The van der Waals surface area contributed by atoms with E-state index in [-0.39, 0.29) is 11.6 Å². The topological polar surface area (TPSA) is 17.1 Å². The quantitative estimate of drug-likeness (QED) is 0.826. The summed E-state index contributed by atoms with van der Waals surface area (Å²) in [5, 5.41) is 0. The van der Waals surface area contributed by atoms with Crippen molar-refractivity contribution in [3.05, 3.63) is 34.1 Å². The van der Waals surface area contributed by atoms with E-state index in [9.17, 15) is 9.18 Å². The standard InChI is InChI=1S/C11H12BrFOS/c1-15-5-4-10(14)7-8-6-9(13)2-3-11(8)12/h2-3,6H,4-5,7H2,1H3. The van der Waals surface area contributed by atoms with Crippen LogP contribution in [0.2, 0.25) is 0 Å². The van der Waals surface area contributed by atoms with Crippen LogP contribution in [0.15, 0.2) is 22.7 Å². The van der Waals surface area contributed by atoms with Gasteiger partial charge in [0.2, 0.25) is 0 Å². The van der Waals surface area contributed by atoms with Crippen LogP contribution in [0, 0.1) is 5.82 Å². The van der Waals surface area contributed by atoms with Crippen molar-refractivity contribution in [3.8, 4) is 0 Å². The molecule has 0 saturated carbocycles. The van der Waals surface area contributed by atoms with E-state index in [0.717, 1.165) is 15.8 Å². The van der Waals surface area contributed by atoms with Gasteiger partial charge in [-0.05, 0) is 35.8 Å². The Hall–Kier alpha value is -0.350. The highest BCUT2D eigenvalue weighted by Gasteiger charge is 2.07. The molecule has 0 fully saturated rings. The fraction of sp³-hybridized carbons (Fsp3) is 0.364. The lowest BCUT2D eigenvalue weighted by Gasteiger charge is -2.03. The first-order valence-electron chi connectivity index (χ1n) is 4.58. The average molecular weight is 291 g/mol. The minimum Gasteiger partial charge on any atom is -0.299 e. The number of carbonyl (C=O) groups excluding carboxylic acids is 1. The molecule has 4 heteroatoms. The molecule has 1 nitrogen and oxygen atoms in total. The Morgan fingerprint density at radius 2 is 2.27 bits per heavy atom. The largest absolute Gasteiger partial charge is 0.299 e. The highest BCUT2D eigenvalue weighted by molar-refractivity contribution is 9.10. The van der Waals surface area contributed by atoms with Crippen LogP contribution >= 0.6 is 27.7 Å². The van der Waals surface area contributed by atoms with Crippen LogP contribution in [0.3, 0.4) is 0 Å². The molecule has 0 aliphatic rings. The fourth-order valence-corrected chi connectivity index (χ4v) is 2.01. The summed E-state index contributed by atoms with van der Waals surface area (Å²) < 4.78 is 13.7. The summed E-state index contributed by atoms with van der Waals surface area (Å²) >= 11 is 4.94. The van der Waals surface area contributed by atoms with E-state index in [0.29, 0.717) is 12.8 Å². The molecule has 1 aromatic carbocycles. The van der Waals surface area contributed by atoms with Crippen LogP contribution in [0.4, 0.5) is 4.39 Å². The maximum Gasteiger partial charge on any atom is 0.138 e. The van der Waals surface area contributed by atoms with Crippen molar-refractivity contribution in [2.24, 2.45) is 0 Å². The van der Waals surface area contributed by atoms with Gasteiger partial charge in [-0.2, -0.15) is 11.8 Å². The summed E-state index contributed by atoms with van der Waals surface area (Å²) in [6.07, 6.45) is 2.81. The minimum atomic E-state index is -0.300. The fourth-order valence-electron chi connectivity index (χ4n) is 1.20. The van der Waals surface area contributed by atoms with Crippen molar-refractivity contribution in [2.45, 2.75) is 12.8 Å². The predicted octanol–water partition coefficient (Wildman–Crippen LogP) is 3.45. The van der Waals surface area contributed by atoms with Gasteiger partial charge < -0.3 is 0 Å². The van der Waals surface area contributed by atoms with Gasteiger partial charge in [-0.25, -0.2) is 4.39 Å². The normalized spacial score (nSPS) is 10.3. The first-order valence-corrected chi connectivity index (χ1v) is 6.76. The Labute approximate surface area is 102 Å². The molecule has 1 aromatic rings. The Morgan fingerprint density at radius 3 is 2.93 bits per heavy atom. The number of hydrogen-bond donors (Lipinski definition) is 0. The lowest BCUT2D eigenvalue weighted by atomic mass is 10.1. The van der Waals surface area contributed by atoms with Crippen molar-refractivity contribution in [2.75, 3.05) is 12.0 Å². The number of thioether (sulfide) groups is 1. The van der Waals surface area contributed by atoms with E-state index in [4.69, 9.17) is 0 Å². The molecule has 0 N–H and O–H groups in total. The Bertz CT molecular complexity index is 354. The number of halogens is 2. The Balaban J connectivity index is 2.63. The van der Waals surface area contributed by atoms with Gasteiger partial charge in [-0.15, -0.1) is 0 Å². The number of hydrogen-bond acceptors (Lipinski definition) is 2. The van der Waals surface area contributed by atoms with Gasteiger partial charge in [0.05, 0.1) is 0 Å². The predicted molar refractivity (Wildman–Crippen MR) is 65.8 cm³/mol. The van der Waals surface area contributed by atoms with Crippen LogP contribution in [-0.4, -0.2) is 17.8 Å². The van der Waals surface area contributed by atoms with E-state index in [2.05, 4.69) is 15.9 Å². The van der Waals surface area contributed by atoms with Gasteiger partial charge in [-0.1, -0.05) is 15.9 Å². The lowest BCUT2D eigenvalue weighted by molar-refractivity contribution is -0.118. The molecule has 0 atom stereocenters. The molecule has 0 amide bonds. The van der Waals surface area contributed by atoms with E-state index in [1.54, 1.807) is 17.8 Å². The maximum absolute atomic E-state index is 12.9. The first-order chi connectivity index (χ1) is 7.13. The van der Waals surface area contributed by atoms with Crippen molar-refractivity contribution in [1.82, 2.24) is 0 Å². The molecule has 0 aliphatic carbocycles. The molecule has 0 spiro atoms. The summed E-state index contributed by atoms with van der Waals surface area (Å²) in [5.74, 6) is 0.674. The van der Waals surface area contributed by atoms with E-state index in [1.807, 2.05) is 6.26 Å².